The second kappa shape index (κ2) is 4.19. The Bertz CT molecular complexity index is 543. The summed E-state index contributed by atoms with van der Waals surface area (Å²) in [7, 11) is 0. The lowest BCUT2D eigenvalue weighted by molar-refractivity contribution is -0.124. The summed E-state index contributed by atoms with van der Waals surface area (Å²) in [5.74, 6) is -1.05. The summed E-state index contributed by atoms with van der Waals surface area (Å²) in [6.45, 7) is 1.58. The van der Waals surface area contributed by atoms with Crippen LogP contribution in [0.4, 0.5) is 0 Å². The van der Waals surface area contributed by atoms with Crippen molar-refractivity contribution in [1.82, 2.24) is 10.2 Å². The third-order valence-corrected chi connectivity index (χ3v) is 3.52. The van der Waals surface area contributed by atoms with Gasteiger partial charge in [-0.05, 0) is 31.9 Å². The number of amides is 3. The van der Waals surface area contributed by atoms with Crippen molar-refractivity contribution >= 4 is 17.7 Å². The number of fused-ring (bicyclic) bond motifs is 1. The fourth-order valence-corrected chi connectivity index (χ4v) is 2.23. The SMILES string of the molecule is C[C@H](C(=O)NC1CC1)N1C(=O)c2ccccc2C1=O. The van der Waals surface area contributed by atoms with E-state index in [9.17, 15) is 14.4 Å². The smallest absolute Gasteiger partial charge is 0.262 e. The Morgan fingerprint density at radius 2 is 1.74 bits per heavy atom. The fourth-order valence-electron chi connectivity index (χ4n) is 2.23. The average molecular weight is 258 g/mol. The van der Waals surface area contributed by atoms with E-state index in [1.54, 1.807) is 31.2 Å². The van der Waals surface area contributed by atoms with E-state index in [1.165, 1.54) is 0 Å². The van der Waals surface area contributed by atoms with Crippen LogP contribution in [0.1, 0.15) is 40.5 Å². The molecule has 1 saturated carbocycles. The van der Waals surface area contributed by atoms with Gasteiger partial charge in [0.05, 0.1) is 11.1 Å². The van der Waals surface area contributed by atoms with Gasteiger partial charge in [-0.2, -0.15) is 0 Å². The molecule has 1 fully saturated rings. The molecule has 19 heavy (non-hydrogen) atoms. The summed E-state index contributed by atoms with van der Waals surface area (Å²) >= 11 is 0. The number of hydrogen-bond acceptors (Lipinski definition) is 3. The summed E-state index contributed by atoms with van der Waals surface area (Å²) in [5, 5.41) is 2.81. The van der Waals surface area contributed by atoms with E-state index < -0.39 is 6.04 Å². The molecule has 1 aliphatic heterocycles. The predicted octanol–water partition coefficient (Wildman–Crippen LogP) is 0.950. The molecule has 3 rings (SSSR count). The number of hydrogen-bond donors (Lipinski definition) is 1. The van der Waals surface area contributed by atoms with Crippen molar-refractivity contribution in [3.8, 4) is 0 Å². The zero-order valence-corrected chi connectivity index (χ0v) is 10.6. The molecular weight excluding hydrogens is 244 g/mol. The van der Waals surface area contributed by atoms with E-state index in [-0.39, 0.29) is 23.8 Å². The molecule has 1 aliphatic carbocycles. The minimum absolute atomic E-state index is 0.213. The molecule has 2 aliphatic rings. The summed E-state index contributed by atoms with van der Waals surface area (Å²) in [6, 6.07) is 6.09. The van der Waals surface area contributed by atoms with Crippen molar-refractivity contribution in [1.29, 1.82) is 0 Å². The Morgan fingerprint density at radius 1 is 1.21 bits per heavy atom. The molecule has 1 atom stereocenters. The molecule has 5 heteroatoms. The number of rotatable bonds is 3. The molecular formula is C14H14N2O3. The largest absolute Gasteiger partial charge is 0.352 e. The van der Waals surface area contributed by atoms with Crippen molar-refractivity contribution in [2.45, 2.75) is 31.8 Å². The van der Waals surface area contributed by atoms with Gasteiger partial charge in [-0.3, -0.25) is 19.3 Å². The summed E-state index contributed by atoms with van der Waals surface area (Å²) in [4.78, 5) is 37.4. The highest BCUT2D eigenvalue weighted by Gasteiger charge is 2.41. The van der Waals surface area contributed by atoms with Crippen molar-refractivity contribution in [2.24, 2.45) is 0 Å². The van der Waals surface area contributed by atoms with Crippen LogP contribution >= 0.6 is 0 Å². The predicted molar refractivity (Wildman–Crippen MR) is 67.6 cm³/mol. The normalized spacial score (nSPS) is 19.3. The van der Waals surface area contributed by atoms with Gasteiger partial charge in [0.2, 0.25) is 5.91 Å². The maximum absolute atomic E-state index is 12.2. The molecule has 98 valence electrons. The quantitative estimate of drug-likeness (QED) is 0.821. The summed E-state index contributed by atoms with van der Waals surface area (Å²) in [5.41, 5.74) is 0.747. The van der Waals surface area contributed by atoms with Gasteiger partial charge in [0, 0.05) is 6.04 Å². The third kappa shape index (κ3) is 1.91. The zero-order chi connectivity index (χ0) is 13.6. The van der Waals surface area contributed by atoms with E-state index >= 15 is 0 Å². The second-order valence-corrected chi connectivity index (χ2v) is 4.98. The van der Waals surface area contributed by atoms with E-state index in [4.69, 9.17) is 0 Å². The Hall–Kier alpha value is -2.17. The van der Waals surface area contributed by atoms with Crippen molar-refractivity contribution in [2.75, 3.05) is 0 Å². The fraction of sp³-hybridized carbons (Fsp3) is 0.357. The van der Waals surface area contributed by atoms with Gasteiger partial charge >= 0.3 is 0 Å². The second-order valence-electron chi connectivity index (χ2n) is 4.98. The number of imide groups is 1. The molecule has 1 heterocycles. The molecule has 1 aromatic carbocycles. The van der Waals surface area contributed by atoms with E-state index in [0.29, 0.717) is 11.1 Å². The van der Waals surface area contributed by atoms with Crippen LogP contribution in [0.2, 0.25) is 0 Å². The maximum Gasteiger partial charge on any atom is 0.262 e. The van der Waals surface area contributed by atoms with E-state index in [2.05, 4.69) is 5.32 Å². The van der Waals surface area contributed by atoms with Gasteiger partial charge in [-0.25, -0.2) is 0 Å². The minimum Gasteiger partial charge on any atom is -0.352 e. The number of carbonyl (C=O) groups excluding carboxylic acids is 3. The first-order valence-electron chi connectivity index (χ1n) is 6.37. The molecule has 0 bridgehead atoms. The standard InChI is InChI=1S/C14H14N2O3/c1-8(12(17)15-9-6-7-9)16-13(18)10-4-2-3-5-11(10)14(16)19/h2-5,8-9H,6-7H2,1H3,(H,15,17)/t8-/m1/s1. The molecule has 0 spiro atoms. The van der Waals surface area contributed by atoms with Crippen molar-refractivity contribution in [3.63, 3.8) is 0 Å². The minimum atomic E-state index is -0.770. The van der Waals surface area contributed by atoms with E-state index in [1.807, 2.05) is 0 Å². The van der Waals surface area contributed by atoms with Gasteiger partial charge in [0.15, 0.2) is 0 Å². The van der Waals surface area contributed by atoms with Crippen LogP contribution in [0.15, 0.2) is 24.3 Å². The molecule has 1 aromatic rings. The van der Waals surface area contributed by atoms with Crippen molar-refractivity contribution < 1.29 is 14.4 Å². The first kappa shape index (κ1) is 11.9. The molecule has 0 aromatic heterocycles. The van der Waals surface area contributed by atoms with Gasteiger partial charge in [0.25, 0.3) is 11.8 Å². The molecule has 3 amide bonds. The highest BCUT2D eigenvalue weighted by Crippen LogP contribution is 2.25. The highest BCUT2D eigenvalue weighted by atomic mass is 16.2. The van der Waals surface area contributed by atoms with E-state index in [0.717, 1.165) is 17.7 Å². The van der Waals surface area contributed by atoms with Crippen LogP contribution in [0.25, 0.3) is 0 Å². The summed E-state index contributed by atoms with van der Waals surface area (Å²) in [6.07, 6.45) is 1.95. The Labute approximate surface area is 110 Å². The average Bonchev–Trinajstić information content (AvgIpc) is 3.18. The first-order valence-corrected chi connectivity index (χ1v) is 6.37. The molecule has 1 N–H and O–H groups in total. The first-order chi connectivity index (χ1) is 9.09. The monoisotopic (exact) mass is 258 g/mol. The Morgan fingerprint density at radius 3 is 2.21 bits per heavy atom. The number of nitrogens with one attached hydrogen (secondary N) is 1. The van der Waals surface area contributed by atoms with Crippen LogP contribution in [-0.4, -0.2) is 34.7 Å². The lowest BCUT2D eigenvalue weighted by atomic mass is 10.1. The maximum atomic E-state index is 12.2. The lowest BCUT2D eigenvalue weighted by Gasteiger charge is -2.21. The number of nitrogens with zero attached hydrogens (tertiary/aromatic N) is 1. The van der Waals surface area contributed by atoms with Crippen LogP contribution in [0.3, 0.4) is 0 Å². The van der Waals surface area contributed by atoms with Crippen LogP contribution in [-0.2, 0) is 4.79 Å². The molecule has 5 nitrogen and oxygen atoms in total. The third-order valence-electron chi connectivity index (χ3n) is 3.52. The van der Waals surface area contributed by atoms with Crippen LogP contribution in [0.5, 0.6) is 0 Å². The number of benzene rings is 1. The topological polar surface area (TPSA) is 66.5 Å². The molecule has 0 saturated heterocycles. The zero-order valence-electron chi connectivity index (χ0n) is 10.6. The van der Waals surface area contributed by atoms with Gasteiger partial charge < -0.3 is 5.32 Å². The summed E-state index contributed by atoms with van der Waals surface area (Å²) < 4.78 is 0. The highest BCUT2D eigenvalue weighted by molar-refractivity contribution is 6.22. The van der Waals surface area contributed by atoms with Gasteiger partial charge in [-0.1, -0.05) is 12.1 Å². The van der Waals surface area contributed by atoms with Crippen LogP contribution in [0, 0.1) is 0 Å². The van der Waals surface area contributed by atoms with Gasteiger partial charge in [0.1, 0.15) is 6.04 Å². The Balaban J connectivity index is 1.84. The van der Waals surface area contributed by atoms with Crippen molar-refractivity contribution in [3.05, 3.63) is 35.4 Å². The lowest BCUT2D eigenvalue weighted by Crippen LogP contribution is -2.48. The molecule has 0 radical (unpaired) electrons. The number of carbonyl (C=O) groups is 3. The molecule has 0 unspecified atom stereocenters. The van der Waals surface area contributed by atoms with Gasteiger partial charge in [-0.15, -0.1) is 0 Å². The van der Waals surface area contributed by atoms with Crippen LogP contribution < -0.4 is 5.32 Å². The Kier molecular flexibility index (Phi) is 2.62.